The average Bonchev–Trinajstić information content (AvgIpc) is 1.97. The number of likely N-dealkylation sites (N-methyl/N-ethyl adjacent to an activating group) is 1. The van der Waals surface area contributed by atoms with Gasteiger partial charge in [0.25, 0.3) is 5.91 Å². The van der Waals surface area contributed by atoms with E-state index in [9.17, 15) is 4.79 Å². The summed E-state index contributed by atoms with van der Waals surface area (Å²) in [7, 11) is 3.04. The molecular weight excluding hydrogens is 144 g/mol. The van der Waals surface area contributed by atoms with Crippen LogP contribution < -0.4 is 5.73 Å². The van der Waals surface area contributed by atoms with Gasteiger partial charge in [0.1, 0.15) is 0 Å². The first-order chi connectivity index (χ1) is 5.10. The summed E-state index contributed by atoms with van der Waals surface area (Å²) in [5.41, 5.74) is 5.12. The third kappa shape index (κ3) is 1.36. The van der Waals surface area contributed by atoms with E-state index in [2.05, 4.69) is 0 Å². The molecular formula is C7H14N2O2. The minimum atomic E-state index is -0.634. The predicted octanol–water partition coefficient (Wildman–Crippen LogP) is -0.112. The van der Waals surface area contributed by atoms with Gasteiger partial charge in [0, 0.05) is 7.05 Å². The predicted molar refractivity (Wildman–Crippen MR) is 40.5 cm³/mol. The molecule has 0 aromatic heterocycles. The van der Waals surface area contributed by atoms with Gasteiger partial charge < -0.3 is 5.73 Å². The molecule has 1 aliphatic rings. The normalized spacial score (nSPS) is 20.6. The van der Waals surface area contributed by atoms with Crippen molar-refractivity contribution < 1.29 is 9.63 Å². The van der Waals surface area contributed by atoms with Crippen molar-refractivity contribution in [1.29, 1.82) is 0 Å². The highest BCUT2D eigenvalue weighted by Crippen LogP contribution is 2.30. The van der Waals surface area contributed by atoms with Crippen LogP contribution in [0.2, 0.25) is 0 Å². The van der Waals surface area contributed by atoms with Crippen LogP contribution in [0.1, 0.15) is 19.3 Å². The molecule has 0 aliphatic heterocycles. The second kappa shape index (κ2) is 2.79. The van der Waals surface area contributed by atoms with Gasteiger partial charge in [-0.25, -0.2) is 5.06 Å². The van der Waals surface area contributed by atoms with Crippen LogP contribution in [0.3, 0.4) is 0 Å². The van der Waals surface area contributed by atoms with Crippen LogP contribution in [0.25, 0.3) is 0 Å². The Morgan fingerprint density at radius 2 is 2.18 bits per heavy atom. The lowest BCUT2D eigenvalue weighted by Crippen LogP contribution is -2.58. The van der Waals surface area contributed by atoms with Gasteiger partial charge >= 0.3 is 0 Å². The minimum Gasteiger partial charge on any atom is -0.317 e. The Hall–Kier alpha value is -0.610. The van der Waals surface area contributed by atoms with Crippen molar-refractivity contribution in [2.45, 2.75) is 24.8 Å². The second-order valence-corrected chi connectivity index (χ2v) is 2.99. The molecule has 1 rings (SSSR count). The maximum Gasteiger partial charge on any atom is 0.265 e. The van der Waals surface area contributed by atoms with Gasteiger partial charge in [-0.1, -0.05) is 0 Å². The lowest BCUT2D eigenvalue weighted by Gasteiger charge is -2.38. The first kappa shape index (κ1) is 8.49. The Balaban J connectivity index is 2.52. The number of carbonyl (C=O) groups excluding carboxylic acids is 1. The molecule has 4 nitrogen and oxygen atoms in total. The number of amides is 1. The molecule has 1 saturated carbocycles. The molecule has 1 amide bonds. The maximum absolute atomic E-state index is 11.4. The lowest BCUT2D eigenvalue weighted by molar-refractivity contribution is -0.178. The van der Waals surface area contributed by atoms with Crippen LogP contribution in [0.5, 0.6) is 0 Å². The summed E-state index contributed by atoms with van der Waals surface area (Å²) in [6, 6.07) is 0. The zero-order valence-electron chi connectivity index (χ0n) is 6.96. The molecule has 0 atom stereocenters. The highest BCUT2D eigenvalue weighted by molar-refractivity contribution is 5.86. The molecule has 11 heavy (non-hydrogen) atoms. The molecule has 1 fully saturated rings. The van der Waals surface area contributed by atoms with E-state index in [4.69, 9.17) is 10.6 Å². The molecule has 4 heteroatoms. The first-order valence-corrected chi connectivity index (χ1v) is 3.71. The molecule has 0 bridgehead atoms. The molecule has 2 N–H and O–H groups in total. The van der Waals surface area contributed by atoms with Crippen LogP contribution in [-0.4, -0.2) is 30.7 Å². The average molecular weight is 158 g/mol. The summed E-state index contributed by atoms with van der Waals surface area (Å²) in [4.78, 5) is 16.1. The highest BCUT2D eigenvalue weighted by atomic mass is 16.7. The van der Waals surface area contributed by atoms with Crippen molar-refractivity contribution in [3.05, 3.63) is 0 Å². The Kier molecular flexibility index (Phi) is 2.15. The van der Waals surface area contributed by atoms with E-state index < -0.39 is 5.54 Å². The van der Waals surface area contributed by atoms with Crippen LogP contribution >= 0.6 is 0 Å². The molecule has 0 radical (unpaired) electrons. The van der Waals surface area contributed by atoms with Gasteiger partial charge in [0.15, 0.2) is 0 Å². The second-order valence-electron chi connectivity index (χ2n) is 2.99. The summed E-state index contributed by atoms with van der Waals surface area (Å²) in [6.45, 7) is 0. The molecule has 0 heterocycles. The number of hydrogen-bond donors (Lipinski definition) is 1. The third-order valence-electron chi connectivity index (χ3n) is 2.23. The molecule has 1 aliphatic carbocycles. The van der Waals surface area contributed by atoms with Crippen molar-refractivity contribution in [2.24, 2.45) is 5.73 Å². The molecule has 0 aromatic carbocycles. The van der Waals surface area contributed by atoms with Gasteiger partial charge in [-0.15, -0.1) is 0 Å². The monoisotopic (exact) mass is 158 g/mol. The van der Waals surface area contributed by atoms with Crippen molar-refractivity contribution in [3.63, 3.8) is 0 Å². The Labute approximate surface area is 66.3 Å². The van der Waals surface area contributed by atoms with Crippen molar-refractivity contribution >= 4 is 5.91 Å². The summed E-state index contributed by atoms with van der Waals surface area (Å²) in [5, 5.41) is 1.19. The summed E-state index contributed by atoms with van der Waals surface area (Å²) >= 11 is 0. The molecule has 0 saturated heterocycles. The fraction of sp³-hybridized carbons (Fsp3) is 0.857. The zero-order valence-corrected chi connectivity index (χ0v) is 6.96. The first-order valence-electron chi connectivity index (χ1n) is 3.71. The zero-order chi connectivity index (χ0) is 8.48. The maximum atomic E-state index is 11.4. The topological polar surface area (TPSA) is 55.6 Å². The third-order valence-corrected chi connectivity index (χ3v) is 2.23. The highest BCUT2D eigenvalue weighted by Gasteiger charge is 2.42. The molecule has 0 unspecified atom stereocenters. The van der Waals surface area contributed by atoms with E-state index in [1.807, 2.05) is 0 Å². The van der Waals surface area contributed by atoms with E-state index in [0.717, 1.165) is 19.3 Å². The number of nitrogens with zero attached hydrogens (tertiary/aromatic N) is 1. The lowest BCUT2D eigenvalue weighted by atomic mass is 9.77. The van der Waals surface area contributed by atoms with E-state index >= 15 is 0 Å². The van der Waals surface area contributed by atoms with Gasteiger partial charge in [0.05, 0.1) is 12.6 Å². The van der Waals surface area contributed by atoms with E-state index in [0.29, 0.717) is 0 Å². The number of hydrogen-bond acceptors (Lipinski definition) is 3. The van der Waals surface area contributed by atoms with Crippen LogP contribution in [0, 0.1) is 0 Å². The number of rotatable bonds is 2. The molecule has 0 spiro atoms. The Morgan fingerprint density at radius 1 is 1.64 bits per heavy atom. The smallest absolute Gasteiger partial charge is 0.265 e. The van der Waals surface area contributed by atoms with E-state index in [1.54, 1.807) is 7.05 Å². The van der Waals surface area contributed by atoms with Gasteiger partial charge in [0.2, 0.25) is 0 Å². The van der Waals surface area contributed by atoms with Crippen LogP contribution in [-0.2, 0) is 9.63 Å². The van der Waals surface area contributed by atoms with Crippen molar-refractivity contribution in [1.82, 2.24) is 5.06 Å². The number of hydroxylamine groups is 2. The van der Waals surface area contributed by atoms with Gasteiger partial charge in [-0.2, -0.15) is 0 Å². The molecule has 64 valence electrons. The number of carbonyl (C=O) groups is 1. The van der Waals surface area contributed by atoms with Gasteiger partial charge in [-0.05, 0) is 19.3 Å². The van der Waals surface area contributed by atoms with Crippen molar-refractivity contribution in [3.8, 4) is 0 Å². The standard InChI is InChI=1S/C7H14N2O2/c1-9(11-2)6(10)7(8)4-3-5-7/h3-5,8H2,1-2H3. The fourth-order valence-corrected chi connectivity index (χ4v) is 1.17. The Bertz CT molecular complexity index is 166. The van der Waals surface area contributed by atoms with Crippen LogP contribution in [0.15, 0.2) is 0 Å². The SMILES string of the molecule is CON(C)C(=O)C1(N)CCC1. The van der Waals surface area contributed by atoms with E-state index in [-0.39, 0.29) is 5.91 Å². The van der Waals surface area contributed by atoms with Crippen LogP contribution in [0.4, 0.5) is 0 Å². The molecule has 0 aromatic rings. The van der Waals surface area contributed by atoms with Gasteiger partial charge in [-0.3, -0.25) is 9.63 Å². The summed E-state index contributed by atoms with van der Waals surface area (Å²) < 4.78 is 0. The van der Waals surface area contributed by atoms with E-state index in [1.165, 1.54) is 12.2 Å². The van der Waals surface area contributed by atoms with Crippen molar-refractivity contribution in [2.75, 3.05) is 14.2 Å². The summed E-state index contributed by atoms with van der Waals surface area (Å²) in [5.74, 6) is -0.119. The Morgan fingerprint density at radius 3 is 2.45 bits per heavy atom. The fourth-order valence-electron chi connectivity index (χ4n) is 1.17. The largest absolute Gasteiger partial charge is 0.317 e. The quantitative estimate of drug-likeness (QED) is 0.570. The summed E-state index contributed by atoms with van der Waals surface area (Å²) in [6.07, 6.45) is 2.60. The number of nitrogens with two attached hydrogens (primary N) is 1. The minimum absolute atomic E-state index is 0.119.